The summed E-state index contributed by atoms with van der Waals surface area (Å²) in [6.07, 6.45) is 33.6. The van der Waals surface area contributed by atoms with Crippen molar-refractivity contribution < 1.29 is 15.0 Å². The van der Waals surface area contributed by atoms with Gasteiger partial charge >= 0.3 is 0 Å². The Balaban J connectivity index is 3.74. The van der Waals surface area contributed by atoms with Crippen molar-refractivity contribution in [3.63, 3.8) is 0 Å². The molecule has 0 aromatic rings. The van der Waals surface area contributed by atoms with Crippen LogP contribution in [0.15, 0.2) is 36.5 Å². The number of amides is 1. The van der Waals surface area contributed by atoms with Gasteiger partial charge in [-0.1, -0.05) is 108 Å². The molecule has 0 saturated carbocycles. The average molecular weight is 492 g/mol. The molecule has 204 valence electrons. The highest BCUT2D eigenvalue weighted by Crippen LogP contribution is 2.10. The minimum Gasteiger partial charge on any atom is -0.394 e. The molecule has 0 aliphatic rings. The summed E-state index contributed by atoms with van der Waals surface area (Å²) in [5, 5.41) is 22.6. The fourth-order valence-electron chi connectivity index (χ4n) is 4.01. The molecule has 0 saturated heterocycles. The molecule has 0 heterocycles. The van der Waals surface area contributed by atoms with Gasteiger partial charge in [-0.3, -0.25) is 4.79 Å². The van der Waals surface area contributed by atoms with Gasteiger partial charge in [0.1, 0.15) is 0 Å². The van der Waals surface area contributed by atoms with Crippen LogP contribution in [0, 0.1) is 0 Å². The maximum absolute atomic E-state index is 12.2. The number of hydrogen-bond acceptors (Lipinski definition) is 3. The second kappa shape index (κ2) is 27.2. The number of carbonyl (C=O) groups is 1. The van der Waals surface area contributed by atoms with E-state index < -0.39 is 12.1 Å². The van der Waals surface area contributed by atoms with E-state index in [0.29, 0.717) is 6.42 Å². The van der Waals surface area contributed by atoms with Crippen molar-refractivity contribution in [1.29, 1.82) is 0 Å². The summed E-state index contributed by atoms with van der Waals surface area (Å²) in [7, 11) is 0. The minimum absolute atomic E-state index is 0.0895. The summed E-state index contributed by atoms with van der Waals surface area (Å²) in [4.78, 5) is 12.2. The van der Waals surface area contributed by atoms with E-state index in [-0.39, 0.29) is 12.5 Å². The van der Waals surface area contributed by atoms with Crippen molar-refractivity contribution >= 4 is 5.91 Å². The van der Waals surface area contributed by atoms with Gasteiger partial charge in [0, 0.05) is 6.42 Å². The van der Waals surface area contributed by atoms with E-state index in [1.165, 1.54) is 70.6 Å². The molecule has 0 bridgehead atoms. The standard InChI is InChI=1S/C31H57NO3/c1-3-5-7-9-11-13-14-15-16-17-19-21-23-25-27-31(35)32-29(28-33)30(34)26-24-22-20-18-12-10-8-6-4-2/h12,14-15,18,24,26,29-30,33-34H,3-11,13,16-17,19-23,25,27-28H2,1-2H3,(H,32,35)/b15-14-,18-12+,26-24+. The lowest BCUT2D eigenvalue weighted by atomic mass is 10.1. The maximum Gasteiger partial charge on any atom is 0.220 e. The molecule has 0 rings (SSSR count). The molecule has 1 amide bonds. The molecular formula is C31H57NO3. The van der Waals surface area contributed by atoms with Crippen LogP contribution < -0.4 is 5.32 Å². The molecular weight excluding hydrogens is 434 g/mol. The molecule has 0 aromatic carbocycles. The van der Waals surface area contributed by atoms with Crippen LogP contribution in [-0.4, -0.2) is 34.9 Å². The van der Waals surface area contributed by atoms with Gasteiger partial charge in [0.2, 0.25) is 5.91 Å². The van der Waals surface area contributed by atoms with Crippen LogP contribution in [0.3, 0.4) is 0 Å². The van der Waals surface area contributed by atoms with Crippen molar-refractivity contribution in [1.82, 2.24) is 5.32 Å². The number of allylic oxidation sites excluding steroid dienone is 5. The molecule has 0 aliphatic heterocycles. The SMILES string of the molecule is CCCCC/C=C/CC/C=C/C(O)C(CO)NC(=O)CCCCCCC/C=C\CCCCCCC. The van der Waals surface area contributed by atoms with Gasteiger partial charge in [-0.05, 0) is 57.8 Å². The molecule has 35 heavy (non-hydrogen) atoms. The maximum atomic E-state index is 12.2. The number of nitrogens with one attached hydrogen (secondary N) is 1. The van der Waals surface area contributed by atoms with Gasteiger partial charge in [0.25, 0.3) is 0 Å². The van der Waals surface area contributed by atoms with Crippen LogP contribution >= 0.6 is 0 Å². The van der Waals surface area contributed by atoms with Crippen LogP contribution in [0.5, 0.6) is 0 Å². The van der Waals surface area contributed by atoms with Gasteiger partial charge in [0.05, 0.1) is 18.8 Å². The highest BCUT2D eigenvalue weighted by Gasteiger charge is 2.17. The Bertz CT molecular complexity index is 541. The largest absolute Gasteiger partial charge is 0.394 e. The number of rotatable bonds is 25. The fourth-order valence-corrected chi connectivity index (χ4v) is 4.01. The number of unbranched alkanes of at least 4 members (excludes halogenated alkanes) is 14. The third-order valence-corrected chi connectivity index (χ3v) is 6.35. The zero-order valence-corrected chi connectivity index (χ0v) is 23.1. The molecule has 2 atom stereocenters. The van der Waals surface area contributed by atoms with Gasteiger partial charge in [-0.25, -0.2) is 0 Å². The Morgan fingerprint density at radius 3 is 1.71 bits per heavy atom. The zero-order chi connectivity index (χ0) is 25.8. The van der Waals surface area contributed by atoms with E-state index in [9.17, 15) is 15.0 Å². The Morgan fingerprint density at radius 1 is 0.657 bits per heavy atom. The molecule has 0 aliphatic carbocycles. The van der Waals surface area contributed by atoms with Crippen molar-refractivity contribution in [2.75, 3.05) is 6.61 Å². The number of aliphatic hydroxyl groups excluding tert-OH is 2. The van der Waals surface area contributed by atoms with Crippen molar-refractivity contribution in [2.45, 2.75) is 148 Å². The lowest BCUT2D eigenvalue weighted by Crippen LogP contribution is -2.45. The van der Waals surface area contributed by atoms with E-state index in [4.69, 9.17) is 0 Å². The molecule has 0 spiro atoms. The Labute approximate surface area is 217 Å². The highest BCUT2D eigenvalue weighted by molar-refractivity contribution is 5.76. The predicted octanol–water partition coefficient (Wildman–Crippen LogP) is 7.94. The molecule has 3 N–H and O–H groups in total. The molecule has 0 radical (unpaired) electrons. The fraction of sp³-hybridized carbons (Fsp3) is 0.774. The highest BCUT2D eigenvalue weighted by atomic mass is 16.3. The number of hydrogen-bond donors (Lipinski definition) is 3. The van der Waals surface area contributed by atoms with E-state index in [1.807, 2.05) is 6.08 Å². The summed E-state index contributed by atoms with van der Waals surface area (Å²) in [5.74, 6) is -0.0895. The monoisotopic (exact) mass is 491 g/mol. The summed E-state index contributed by atoms with van der Waals surface area (Å²) >= 11 is 0. The van der Waals surface area contributed by atoms with Crippen LogP contribution in [0.4, 0.5) is 0 Å². The summed E-state index contributed by atoms with van der Waals surface area (Å²) in [6, 6.07) is -0.637. The van der Waals surface area contributed by atoms with Gasteiger partial charge in [0.15, 0.2) is 0 Å². The van der Waals surface area contributed by atoms with Gasteiger partial charge < -0.3 is 15.5 Å². The molecule has 0 aromatic heterocycles. The summed E-state index contributed by atoms with van der Waals surface area (Å²) < 4.78 is 0. The Morgan fingerprint density at radius 2 is 1.11 bits per heavy atom. The zero-order valence-electron chi connectivity index (χ0n) is 23.1. The summed E-state index contributed by atoms with van der Waals surface area (Å²) in [6.45, 7) is 4.20. The average Bonchev–Trinajstić information content (AvgIpc) is 2.86. The third-order valence-electron chi connectivity index (χ3n) is 6.35. The quantitative estimate of drug-likeness (QED) is 0.0896. The van der Waals surface area contributed by atoms with Crippen molar-refractivity contribution in [3.05, 3.63) is 36.5 Å². The molecule has 0 fully saturated rings. The first-order valence-electron chi connectivity index (χ1n) is 14.7. The van der Waals surface area contributed by atoms with E-state index in [2.05, 4.69) is 43.5 Å². The Kier molecular flexibility index (Phi) is 26.1. The number of carbonyl (C=O) groups excluding carboxylic acids is 1. The van der Waals surface area contributed by atoms with E-state index in [0.717, 1.165) is 44.9 Å². The summed E-state index contributed by atoms with van der Waals surface area (Å²) in [5.41, 5.74) is 0. The Hall–Kier alpha value is -1.39. The predicted molar refractivity (Wildman–Crippen MR) is 152 cm³/mol. The van der Waals surface area contributed by atoms with Crippen LogP contribution in [0.1, 0.15) is 136 Å². The number of aliphatic hydroxyl groups is 2. The van der Waals surface area contributed by atoms with Gasteiger partial charge in [-0.2, -0.15) is 0 Å². The lowest BCUT2D eigenvalue weighted by Gasteiger charge is -2.19. The minimum atomic E-state index is -0.859. The lowest BCUT2D eigenvalue weighted by molar-refractivity contribution is -0.123. The first-order chi connectivity index (χ1) is 17.2. The van der Waals surface area contributed by atoms with Crippen molar-refractivity contribution in [3.8, 4) is 0 Å². The second-order valence-electron chi connectivity index (χ2n) is 9.80. The van der Waals surface area contributed by atoms with Crippen LogP contribution in [0.2, 0.25) is 0 Å². The van der Waals surface area contributed by atoms with Crippen LogP contribution in [-0.2, 0) is 4.79 Å². The smallest absolute Gasteiger partial charge is 0.220 e. The molecule has 4 nitrogen and oxygen atoms in total. The van der Waals surface area contributed by atoms with E-state index in [1.54, 1.807) is 6.08 Å². The van der Waals surface area contributed by atoms with E-state index >= 15 is 0 Å². The molecule has 2 unspecified atom stereocenters. The topological polar surface area (TPSA) is 69.6 Å². The first-order valence-corrected chi connectivity index (χ1v) is 14.7. The second-order valence-corrected chi connectivity index (χ2v) is 9.80. The van der Waals surface area contributed by atoms with Crippen molar-refractivity contribution in [2.24, 2.45) is 0 Å². The molecule has 4 heteroatoms. The normalized spacial score (nSPS) is 13.8. The third kappa shape index (κ3) is 24.1. The van der Waals surface area contributed by atoms with Crippen LogP contribution in [0.25, 0.3) is 0 Å². The van der Waals surface area contributed by atoms with Gasteiger partial charge in [-0.15, -0.1) is 0 Å². The first kappa shape index (κ1) is 33.6.